The highest BCUT2D eigenvalue weighted by Gasteiger charge is 2.07. The van der Waals surface area contributed by atoms with E-state index >= 15 is 0 Å². The van der Waals surface area contributed by atoms with E-state index in [1.165, 1.54) is 35.4 Å². The normalized spacial score (nSPS) is 11.0. The maximum absolute atomic E-state index is 10.5. The van der Waals surface area contributed by atoms with Crippen molar-refractivity contribution in [2.75, 3.05) is 13.1 Å². The van der Waals surface area contributed by atoms with Crippen LogP contribution in [0.5, 0.6) is 0 Å². The molecule has 0 aliphatic rings. The van der Waals surface area contributed by atoms with Crippen molar-refractivity contribution in [3.8, 4) is 0 Å². The zero-order chi connectivity index (χ0) is 29.4. The van der Waals surface area contributed by atoms with Crippen molar-refractivity contribution in [1.29, 1.82) is 0 Å². The van der Waals surface area contributed by atoms with Crippen LogP contribution in [0.3, 0.4) is 0 Å². The molecule has 4 N–H and O–H groups in total. The van der Waals surface area contributed by atoms with Gasteiger partial charge >= 0.3 is 0 Å². The Hall–Kier alpha value is -3.38. The summed E-state index contributed by atoms with van der Waals surface area (Å²) in [6.45, 7) is 7.53. The van der Waals surface area contributed by atoms with E-state index in [4.69, 9.17) is 9.11 Å². The topological polar surface area (TPSA) is 133 Å². The highest BCUT2D eigenvalue weighted by molar-refractivity contribution is 7.86. The summed E-state index contributed by atoms with van der Waals surface area (Å²) in [5, 5.41) is 6.85. The second kappa shape index (κ2) is 16.7. The first-order chi connectivity index (χ1) is 18.9. The van der Waals surface area contributed by atoms with Crippen LogP contribution >= 0.6 is 0 Å². The Bertz CT molecular complexity index is 1360. The molecule has 0 saturated carbocycles. The SMILES string of the molecule is Cc1ccc(S(=O)(=O)O)cc1.Cc1ccc(S(=O)(=O)O)cc1.c1ccc(CNCCNCc2ccccc2)cc1. The summed E-state index contributed by atoms with van der Waals surface area (Å²) in [5.74, 6) is 0. The van der Waals surface area contributed by atoms with Crippen LogP contribution in [0.4, 0.5) is 0 Å². The summed E-state index contributed by atoms with van der Waals surface area (Å²) in [5.41, 5.74) is 4.58. The Labute approximate surface area is 237 Å². The summed E-state index contributed by atoms with van der Waals surface area (Å²) in [7, 11) is -8.04. The van der Waals surface area contributed by atoms with E-state index in [-0.39, 0.29) is 9.79 Å². The molecule has 0 fully saturated rings. The Balaban J connectivity index is 0.000000222. The average molecular weight is 585 g/mol. The minimum atomic E-state index is -4.02. The van der Waals surface area contributed by atoms with Gasteiger partial charge < -0.3 is 10.6 Å². The number of hydrogen-bond donors (Lipinski definition) is 4. The monoisotopic (exact) mass is 584 g/mol. The third-order valence-corrected chi connectivity index (χ3v) is 7.20. The second-order valence-electron chi connectivity index (χ2n) is 8.90. The first-order valence-electron chi connectivity index (χ1n) is 12.5. The molecule has 0 aliphatic heterocycles. The Morgan fingerprint density at radius 1 is 0.500 bits per heavy atom. The highest BCUT2D eigenvalue weighted by atomic mass is 32.2. The molecule has 0 heterocycles. The average Bonchev–Trinajstić information content (AvgIpc) is 2.92. The predicted molar refractivity (Wildman–Crippen MR) is 158 cm³/mol. The maximum atomic E-state index is 10.5. The van der Waals surface area contributed by atoms with Gasteiger partial charge in [0.1, 0.15) is 0 Å². The summed E-state index contributed by atoms with van der Waals surface area (Å²) >= 11 is 0. The molecule has 0 spiro atoms. The molecule has 0 radical (unpaired) electrons. The molecule has 0 aliphatic carbocycles. The van der Waals surface area contributed by atoms with E-state index in [1.54, 1.807) is 24.3 Å². The van der Waals surface area contributed by atoms with Gasteiger partial charge in [0.05, 0.1) is 9.79 Å². The number of nitrogens with one attached hydrogen (secondary N) is 2. The van der Waals surface area contributed by atoms with Crippen molar-refractivity contribution in [2.45, 2.75) is 36.7 Å². The van der Waals surface area contributed by atoms with E-state index in [9.17, 15) is 16.8 Å². The molecule has 0 aromatic heterocycles. The smallest absolute Gasteiger partial charge is 0.294 e. The van der Waals surface area contributed by atoms with Crippen molar-refractivity contribution in [1.82, 2.24) is 10.6 Å². The molecular formula is C30H36N2O6S2. The minimum Gasteiger partial charge on any atom is -0.311 e. The van der Waals surface area contributed by atoms with Gasteiger partial charge in [-0.2, -0.15) is 16.8 Å². The fourth-order valence-electron chi connectivity index (χ4n) is 3.25. The summed E-state index contributed by atoms with van der Waals surface area (Å²) < 4.78 is 59.1. The van der Waals surface area contributed by atoms with Crippen molar-refractivity contribution in [3.63, 3.8) is 0 Å². The van der Waals surface area contributed by atoms with E-state index in [0.29, 0.717) is 0 Å². The van der Waals surface area contributed by atoms with Crippen molar-refractivity contribution in [2.24, 2.45) is 0 Å². The molecule has 4 aromatic carbocycles. The lowest BCUT2D eigenvalue weighted by Crippen LogP contribution is -2.26. The van der Waals surface area contributed by atoms with Crippen LogP contribution in [0.15, 0.2) is 119 Å². The van der Waals surface area contributed by atoms with Crippen molar-refractivity contribution >= 4 is 20.2 Å². The maximum Gasteiger partial charge on any atom is 0.294 e. The number of aryl methyl sites for hydroxylation is 2. The predicted octanol–water partition coefficient (Wildman–Crippen LogP) is 5.05. The number of benzene rings is 4. The molecule has 0 unspecified atom stereocenters. The molecule has 8 nitrogen and oxygen atoms in total. The minimum absolute atomic E-state index is 0.0666. The lowest BCUT2D eigenvalue weighted by atomic mass is 10.2. The molecule has 0 atom stereocenters. The van der Waals surface area contributed by atoms with Crippen LogP contribution in [0.25, 0.3) is 0 Å². The zero-order valence-corrected chi connectivity index (χ0v) is 24.2. The standard InChI is InChI=1S/C16H20N2.2C7H8O3S/c1-3-7-15(8-4-1)13-17-11-12-18-14-16-9-5-2-6-10-16;2*1-6-2-4-7(5-3-6)11(8,9)10/h1-10,17-18H,11-14H2;2*2-5H,1H3,(H,8,9,10). The number of rotatable bonds is 9. The Kier molecular flexibility index (Phi) is 13.7. The first kappa shape index (κ1) is 32.8. The highest BCUT2D eigenvalue weighted by Crippen LogP contribution is 2.09. The summed E-state index contributed by atoms with van der Waals surface area (Å²) in [6.07, 6.45) is 0. The van der Waals surface area contributed by atoms with Crippen LogP contribution < -0.4 is 10.6 Å². The van der Waals surface area contributed by atoms with Gasteiger partial charge in [0.2, 0.25) is 0 Å². The molecule has 0 saturated heterocycles. The van der Waals surface area contributed by atoms with Gasteiger partial charge in [-0.05, 0) is 49.2 Å². The van der Waals surface area contributed by atoms with Gasteiger partial charge in [-0.15, -0.1) is 0 Å². The molecule has 10 heteroatoms. The fraction of sp³-hybridized carbons (Fsp3) is 0.200. The molecule has 40 heavy (non-hydrogen) atoms. The van der Waals surface area contributed by atoms with Crippen LogP contribution in [0.1, 0.15) is 22.3 Å². The molecule has 0 bridgehead atoms. The summed E-state index contributed by atoms with van der Waals surface area (Å²) in [6, 6.07) is 32.9. The van der Waals surface area contributed by atoms with Crippen LogP contribution in [-0.4, -0.2) is 39.0 Å². The fourth-order valence-corrected chi connectivity index (χ4v) is 4.21. The van der Waals surface area contributed by atoms with Gasteiger partial charge in [0.25, 0.3) is 20.2 Å². The summed E-state index contributed by atoms with van der Waals surface area (Å²) in [4.78, 5) is -0.133. The third-order valence-electron chi connectivity index (χ3n) is 5.46. The van der Waals surface area contributed by atoms with Gasteiger partial charge in [-0.25, -0.2) is 0 Å². The Morgan fingerprint density at radius 2 is 0.800 bits per heavy atom. The van der Waals surface area contributed by atoms with Crippen LogP contribution in [0.2, 0.25) is 0 Å². The molecule has 214 valence electrons. The van der Waals surface area contributed by atoms with Crippen LogP contribution in [-0.2, 0) is 33.3 Å². The van der Waals surface area contributed by atoms with Gasteiger partial charge in [-0.1, -0.05) is 96.1 Å². The quantitative estimate of drug-likeness (QED) is 0.159. The largest absolute Gasteiger partial charge is 0.311 e. The molecular weight excluding hydrogens is 548 g/mol. The third kappa shape index (κ3) is 13.6. The first-order valence-corrected chi connectivity index (χ1v) is 15.4. The van der Waals surface area contributed by atoms with E-state index < -0.39 is 20.2 Å². The molecule has 4 rings (SSSR count). The van der Waals surface area contributed by atoms with E-state index in [2.05, 4.69) is 59.2 Å². The van der Waals surface area contributed by atoms with Crippen molar-refractivity contribution < 1.29 is 25.9 Å². The molecule has 0 amide bonds. The molecule has 4 aromatic rings. The van der Waals surface area contributed by atoms with Crippen molar-refractivity contribution in [3.05, 3.63) is 131 Å². The van der Waals surface area contributed by atoms with Crippen LogP contribution in [0, 0.1) is 13.8 Å². The van der Waals surface area contributed by atoms with E-state index in [0.717, 1.165) is 37.3 Å². The van der Waals surface area contributed by atoms with Gasteiger partial charge in [0.15, 0.2) is 0 Å². The number of hydrogen-bond acceptors (Lipinski definition) is 6. The lowest BCUT2D eigenvalue weighted by Gasteiger charge is -2.06. The Morgan fingerprint density at radius 3 is 1.07 bits per heavy atom. The second-order valence-corrected chi connectivity index (χ2v) is 11.7. The van der Waals surface area contributed by atoms with Gasteiger partial charge in [0, 0.05) is 26.2 Å². The zero-order valence-electron chi connectivity index (χ0n) is 22.6. The lowest BCUT2D eigenvalue weighted by molar-refractivity contribution is 0.481. The van der Waals surface area contributed by atoms with E-state index in [1.807, 2.05) is 26.0 Å². The van der Waals surface area contributed by atoms with Gasteiger partial charge in [-0.3, -0.25) is 9.11 Å².